The summed E-state index contributed by atoms with van der Waals surface area (Å²) >= 11 is 3.54. The van der Waals surface area contributed by atoms with Crippen molar-refractivity contribution in [2.45, 2.75) is 32.8 Å². The number of aromatic nitrogens is 2. The van der Waals surface area contributed by atoms with E-state index in [0.717, 1.165) is 0 Å². The van der Waals surface area contributed by atoms with E-state index in [1.54, 1.807) is 31.5 Å². The Morgan fingerprint density at radius 1 is 1.33 bits per heavy atom. The SMILES string of the molecule is CCCC(=O)OC(C)C(=O)N(C1=NCCN1)c1ccc2nccnc2c1Br. The number of hydrogen-bond donors (Lipinski definition) is 1. The maximum atomic E-state index is 13.1. The fourth-order valence-corrected chi connectivity index (χ4v) is 3.34. The molecule has 3 rings (SSSR count). The van der Waals surface area contributed by atoms with Gasteiger partial charge >= 0.3 is 5.97 Å². The molecule has 1 atom stereocenters. The molecule has 0 fully saturated rings. The molecule has 1 N–H and O–H groups in total. The van der Waals surface area contributed by atoms with Crippen LogP contribution >= 0.6 is 15.9 Å². The number of aliphatic imine (C=N–C) groups is 1. The van der Waals surface area contributed by atoms with Crippen molar-refractivity contribution < 1.29 is 14.3 Å². The van der Waals surface area contributed by atoms with Crippen molar-refractivity contribution in [1.29, 1.82) is 0 Å². The van der Waals surface area contributed by atoms with Crippen LogP contribution in [-0.2, 0) is 14.3 Å². The summed E-state index contributed by atoms with van der Waals surface area (Å²) in [5.74, 6) is -0.373. The molecule has 1 aromatic carbocycles. The van der Waals surface area contributed by atoms with Crippen LogP contribution in [-0.4, -0.2) is 47.0 Å². The lowest BCUT2D eigenvalue weighted by atomic mass is 10.2. The Morgan fingerprint density at radius 2 is 2.11 bits per heavy atom. The summed E-state index contributed by atoms with van der Waals surface area (Å²) in [7, 11) is 0. The molecule has 0 aliphatic carbocycles. The fraction of sp³-hybridized carbons (Fsp3) is 0.389. The van der Waals surface area contributed by atoms with Gasteiger partial charge in [0.25, 0.3) is 5.91 Å². The zero-order valence-electron chi connectivity index (χ0n) is 15.1. The van der Waals surface area contributed by atoms with E-state index in [4.69, 9.17) is 4.74 Å². The third kappa shape index (κ3) is 4.08. The minimum absolute atomic E-state index is 0.270. The molecule has 0 radical (unpaired) electrons. The molecule has 2 aromatic rings. The maximum absolute atomic E-state index is 13.1. The van der Waals surface area contributed by atoms with Crippen LogP contribution < -0.4 is 10.2 Å². The minimum Gasteiger partial charge on any atom is -0.453 e. The van der Waals surface area contributed by atoms with Crippen molar-refractivity contribution >= 4 is 50.5 Å². The highest BCUT2D eigenvalue weighted by Crippen LogP contribution is 2.33. The number of nitrogens with one attached hydrogen (secondary N) is 1. The van der Waals surface area contributed by atoms with Crippen LogP contribution in [0.5, 0.6) is 0 Å². The number of ether oxygens (including phenoxy) is 1. The molecule has 1 aliphatic rings. The molecular weight excluding hydrogens is 414 g/mol. The molecule has 142 valence electrons. The first kappa shape index (κ1) is 19.2. The van der Waals surface area contributed by atoms with Crippen LogP contribution in [0.25, 0.3) is 11.0 Å². The van der Waals surface area contributed by atoms with Crippen LogP contribution in [0.1, 0.15) is 26.7 Å². The van der Waals surface area contributed by atoms with Crippen LogP contribution in [0.3, 0.4) is 0 Å². The number of amides is 1. The molecule has 0 bridgehead atoms. The smallest absolute Gasteiger partial charge is 0.306 e. The van der Waals surface area contributed by atoms with Gasteiger partial charge in [-0.3, -0.25) is 24.5 Å². The van der Waals surface area contributed by atoms with E-state index in [1.165, 1.54) is 4.90 Å². The topological polar surface area (TPSA) is 96.8 Å². The largest absolute Gasteiger partial charge is 0.453 e. The fourth-order valence-electron chi connectivity index (χ4n) is 2.73. The van der Waals surface area contributed by atoms with E-state index in [9.17, 15) is 9.59 Å². The second kappa shape index (κ2) is 8.43. The monoisotopic (exact) mass is 433 g/mol. The Kier molecular flexibility index (Phi) is 6.00. The number of guanidine groups is 1. The number of hydrogen-bond acceptors (Lipinski definition) is 7. The summed E-state index contributed by atoms with van der Waals surface area (Å²) in [6.45, 7) is 4.64. The number of carbonyl (C=O) groups excluding carboxylic acids is 2. The molecule has 0 saturated carbocycles. The van der Waals surface area contributed by atoms with Gasteiger partial charge in [0.15, 0.2) is 6.10 Å². The van der Waals surface area contributed by atoms with Gasteiger partial charge in [-0.25, -0.2) is 4.90 Å². The molecule has 1 aromatic heterocycles. The van der Waals surface area contributed by atoms with Crippen molar-refractivity contribution in [3.63, 3.8) is 0 Å². The number of benzene rings is 1. The molecule has 27 heavy (non-hydrogen) atoms. The molecule has 1 unspecified atom stereocenters. The van der Waals surface area contributed by atoms with Gasteiger partial charge in [-0.05, 0) is 41.4 Å². The lowest BCUT2D eigenvalue weighted by Gasteiger charge is -2.26. The number of anilines is 1. The van der Waals surface area contributed by atoms with Crippen LogP contribution in [0.4, 0.5) is 5.69 Å². The van der Waals surface area contributed by atoms with E-state index in [0.29, 0.717) is 46.7 Å². The number of fused-ring (bicyclic) bond motifs is 1. The van der Waals surface area contributed by atoms with E-state index in [-0.39, 0.29) is 6.42 Å². The van der Waals surface area contributed by atoms with Gasteiger partial charge in [-0.1, -0.05) is 6.92 Å². The normalized spacial score (nSPS) is 14.4. The predicted octanol–water partition coefficient (Wildman–Crippen LogP) is 2.42. The predicted molar refractivity (Wildman–Crippen MR) is 105 cm³/mol. The van der Waals surface area contributed by atoms with Crippen molar-refractivity contribution in [1.82, 2.24) is 15.3 Å². The van der Waals surface area contributed by atoms with Crippen molar-refractivity contribution in [2.75, 3.05) is 18.0 Å². The summed E-state index contributed by atoms with van der Waals surface area (Å²) in [6.07, 6.45) is 3.18. The molecule has 1 amide bonds. The second-order valence-electron chi connectivity index (χ2n) is 6.01. The number of carbonyl (C=O) groups is 2. The van der Waals surface area contributed by atoms with Gasteiger partial charge in [0.1, 0.15) is 5.52 Å². The zero-order chi connectivity index (χ0) is 19.4. The van der Waals surface area contributed by atoms with Crippen molar-refractivity contribution in [3.8, 4) is 0 Å². The molecule has 9 heteroatoms. The third-order valence-electron chi connectivity index (χ3n) is 4.00. The number of halogens is 1. The molecular formula is C18H20BrN5O3. The number of nitrogens with zero attached hydrogens (tertiary/aromatic N) is 4. The maximum Gasteiger partial charge on any atom is 0.306 e. The zero-order valence-corrected chi connectivity index (χ0v) is 16.7. The summed E-state index contributed by atoms with van der Waals surface area (Å²) in [5, 5.41) is 3.10. The summed E-state index contributed by atoms with van der Waals surface area (Å²) < 4.78 is 5.90. The molecule has 0 saturated heterocycles. The number of esters is 1. The van der Waals surface area contributed by atoms with Crippen molar-refractivity contribution in [2.24, 2.45) is 4.99 Å². The second-order valence-corrected chi connectivity index (χ2v) is 6.80. The quantitative estimate of drug-likeness (QED) is 0.727. The standard InChI is InChI=1S/C18H20BrN5O3/c1-3-4-14(25)27-11(2)17(26)24(18-22-9-10-23-18)13-6-5-12-16(15(13)19)21-8-7-20-12/h5-8,11H,3-4,9-10H2,1-2H3,(H,22,23). The van der Waals surface area contributed by atoms with Gasteiger partial charge in [0.2, 0.25) is 5.96 Å². The summed E-state index contributed by atoms with van der Waals surface area (Å²) in [6, 6.07) is 3.55. The highest BCUT2D eigenvalue weighted by Gasteiger charge is 2.31. The summed E-state index contributed by atoms with van der Waals surface area (Å²) in [4.78, 5) is 39.3. The number of rotatable bonds is 5. The van der Waals surface area contributed by atoms with Crippen molar-refractivity contribution in [3.05, 3.63) is 29.0 Å². The first-order valence-electron chi connectivity index (χ1n) is 8.74. The van der Waals surface area contributed by atoms with E-state index >= 15 is 0 Å². The van der Waals surface area contributed by atoms with E-state index in [1.807, 2.05) is 6.92 Å². The van der Waals surface area contributed by atoms with Gasteiger partial charge in [-0.2, -0.15) is 0 Å². The lowest BCUT2D eigenvalue weighted by Crippen LogP contribution is -2.48. The Balaban J connectivity index is 1.98. The molecule has 8 nitrogen and oxygen atoms in total. The van der Waals surface area contributed by atoms with E-state index < -0.39 is 18.0 Å². The molecule has 0 spiro atoms. The van der Waals surface area contributed by atoms with Gasteiger partial charge in [0, 0.05) is 25.4 Å². The van der Waals surface area contributed by atoms with Gasteiger partial charge < -0.3 is 10.1 Å². The average molecular weight is 434 g/mol. The van der Waals surface area contributed by atoms with Crippen LogP contribution in [0, 0.1) is 0 Å². The van der Waals surface area contributed by atoms with E-state index in [2.05, 4.69) is 36.2 Å². The summed E-state index contributed by atoms with van der Waals surface area (Å²) in [5.41, 5.74) is 1.88. The first-order chi connectivity index (χ1) is 13.0. The lowest BCUT2D eigenvalue weighted by molar-refractivity contribution is -0.153. The Morgan fingerprint density at radius 3 is 2.81 bits per heavy atom. The van der Waals surface area contributed by atoms with Gasteiger partial charge in [0.05, 0.1) is 22.2 Å². The molecule has 1 aliphatic heterocycles. The van der Waals surface area contributed by atoms with Gasteiger partial charge in [-0.15, -0.1) is 0 Å². The molecule has 2 heterocycles. The Labute approximate surface area is 165 Å². The van der Waals surface area contributed by atoms with Crippen LogP contribution in [0.15, 0.2) is 34.0 Å². The third-order valence-corrected chi connectivity index (χ3v) is 4.78. The Bertz CT molecular complexity index is 902. The Hall–Kier alpha value is -2.55. The highest BCUT2D eigenvalue weighted by molar-refractivity contribution is 9.10. The van der Waals surface area contributed by atoms with Crippen LogP contribution in [0.2, 0.25) is 0 Å². The first-order valence-corrected chi connectivity index (χ1v) is 9.53. The highest BCUT2D eigenvalue weighted by atomic mass is 79.9. The minimum atomic E-state index is -0.946. The average Bonchev–Trinajstić information content (AvgIpc) is 3.18.